The molecule has 1 rings (SSSR count). The van der Waals surface area contributed by atoms with Gasteiger partial charge in [-0.25, -0.2) is 4.79 Å². The van der Waals surface area contributed by atoms with E-state index in [1.165, 1.54) is 0 Å². The molecule has 3 nitrogen and oxygen atoms in total. The monoisotopic (exact) mass is 247 g/mol. The van der Waals surface area contributed by atoms with Gasteiger partial charge in [0.25, 0.3) is 0 Å². The van der Waals surface area contributed by atoms with E-state index in [0.717, 1.165) is 6.92 Å². The average molecular weight is 247 g/mol. The molecular formula is C11H12F3NO2. The first-order chi connectivity index (χ1) is 7.89. The minimum absolute atomic E-state index is 0.0583. The first kappa shape index (κ1) is 13.3. The van der Waals surface area contributed by atoms with E-state index in [-0.39, 0.29) is 6.61 Å². The van der Waals surface area contributed by atoms with Gasteiger partial charge in [-0.15, -0.1) is 0 Å². The standard InChI is InChI=1S/C11H12F3NO2/c1-8(11(12,13)14)15-10(16)17-7-9-5-3-2-4-6-9/h2-6,8H,7H2,1H3,(H,15,16). The summed E-state index contributed by atoms with van der Waals surface area (Å²) in [7, 11) is 0. The molecular weight excluding hydrogens is 235 g/mol. The zero-order valence-corrected chi connectivity index (χ0v) is 9.12. The highest BCUT2D eigenvalue weighted by molar-refractivity contribution is 5.67. The lowest BCUT2D eigenvalue weighted by atomic mass is 10.2. The van der Waals surface area contributed by atoms with Crippen molar-refractivity contribution in [2.24, 2.45) is 0 Å². The van der Waals surface area contributed by atoms with Gasteiger partial charge in [-0.1, -0.05) is 30.3 Å². The molecule has 94 valence electrons. The van der Waals surface area contributed by atoms with Crippen LogP contribution in [0.4, 0.5) is 18.0 Å². The first-order valence-corrected chi connectivity index (χ1v) is 4.93. The molecule has 0 aliphatic rings. The van der Waals surface area contributed by atoms with Crippen molar-refractivity contribution in [1.29, 1.82) is 0 Å². The summed E-state index contributed by atoms with van der Waals surface area (Å²) >= 11 is 0. The Morgan fingerprint density at radius 1 is 1.35 bits per heavy atom. The molecule has 0 aliphatic carbocycles. The number of halogens is 3. The van der Waals surface area contributed by atoms with Crippen LogP contribution >= 0.6 is 0 Å². The second-order valence-corrected chi connectivity index (χ2v) is 3.47. The van der Waals surface area contributed by atoms with Crippen LogP contribution in [0.2, 0.25) is 0 Å². The molecule has 6 heteroatoms. The Labute approximate surface area is 96.6 Å². The Bertz CT molecular complexity index is 365. The zero-order valence-electron chi connectivity index (χ0n) is 9.12. The number of rotatable bonds is 3. The number of alkyl carbamates (subject to hydrolysis) is 1. The van der Waals surface area contributed by atoms with Crippen LogP contribution < -0.4 is 5.32 Å². The third kappa shape index (κ3) is 4.76. The van der Waals surface area contributed by atoms with Crippen LogP contribution in [0.1, 0.15) is 12.5 Å². The number of amides is 1. The number of ether oxygens (including phenoxy) is 1. The summed E-state index contributed by atoms with van der Waals surface area (Å²) in [6.45, 7) is 0.793. The van der Waals surface area contributed by atoms with Crippen LogP contribution in [-0.4, -0.2) is 18.3 Å². The van der Waals surface area contributed by atoms with Crippen molar-refractivity contribution in [3.63, 3.8) is 0 Å². The van der Waals surface area contributed by atoms with Crippen molar-refractivity contribution in [1.82, 2.24) is 5.32 Å². The highest BCUT2D eigenvalue weighted by Crippen LogP contribution is 2.19. The summed E-state index contributed by atoms with van der Waals surface area (Å²) in [5, 5.41) is 1.70. The van der Waals surface area contributed by atoms with Crippen molar-refractivity contribution >= 4 is 6.09 Å². The Morgan fingerprint density at radius 3 is 2.47 bits per heavy atom. The maximum absolute atomic E-state index is 12.1. The van der Waals surface area contributed by atoms with Gasteiger partial charge in [-0.3, -0.25) is 0 Å². The van der Waals surface area contributed by atoms with E-state index in [2.05, 4.69) is 4.74 Å². The normalized spacial score (nSPS) is 12.9. The molecule has 0 aromatic heterocycles. The minimum Gasteiger partial charge on any atom is -0.445 e. The lowest BCUT2D eigenvalue weighted by Gasteiger charge is -2.16. The smallest absolute Gasteiger partial charge is 0.408 e. The molecule has 1 aromatic carbocycles. The van der Waals surface area contributed by atoms with Gasteiger partial charge in [-0.05, 0) is 12.5 Å². The summed E-state index contributed by atoms with van der Waals surface area (Å²) in [6, 6.07) is 6.77. The summed E-state index contributed by atoms with van der Waals surface area (Å²) in [5.41, 5.74) is 0.710. The van der Waals surface area contributed by atoms with Crippen LogP contribution in [0.3, 0.4) is 0 Å². The van der Waals surface area contributed by atoms with Gasteiger partial charge in [-0.2, -0.15) is 13.2 Å². The maximum Gasteiger partial charge on any atom is 0.408 e. The minimum atomic E-state index is -4.47. The van der Waals surface area contributed by atoms with Crippen molar-refractivity contribution in [3.8, 4) is 0 Å². The summed E-state index contributed by atoms with van der Waals surface area (Å²) in [5.74, 6) is 0. The number of carbonyl (C=O) groups excluding carboxylic acids is 1. The van der Waals surface area contributed by atoms with Crippen molar-refractivity contribution in [3.05, 3.63) is 35.9 Å². The van der Waals surface area contributed by atoms with E-state index < -0.39 is 18.3 Å². The number of benzene rings is 1. The topological polar surface area (TPSA) is 38.3 Å². The van der Waals surface area contributed by atoms with Gasteiger partial charge in [0.15, 0.2) is 0 Å². The van der Waals surface area contributed by atoms with Crippen molar-refractivity contribution in [2.45, 2.75) is 25.7 Å². The van der Waals surface area contributed by atoms with Gasteiger partial charge in [0, 0.05) is 0 Å². The molecule has 17 heavy (non-hydrogen) atoms. The number of nitrogens with one attached hydrogen (secondary N) is 1. The first-order valence-electron chi connectivity index (χ1n) is 4.93. The highest BCUT2D eigenvalue weighted by atomic mass is 19.4. The van der Waals surface area contributed by atoms with E-state index in [4.69, 9.17) is 0 Å². The highest BCUT2D eigenvalue weighted by Gasteiger charge is 2.37. The van der Waals surface area contributed by atoms with Crippen LogP contribution in [-0.2, 0) is 11.3 Å². The second kappa shape index (κ2) is 5.56. The van der Waals surface area contributed by atoms with Gasteiger partial charge in [0.1, 0.15) is 12.6 Å². The average Bonchev–Trinajstić information content (AvgIpc) is 2.26. The van der Waals surface area contributed by atoms with Crippen LogP contribution in [0.15, 0.2) is 30.3 Å². The molecule has 1 unspecified atom stereocenters. The molecule has 1 atom stereocenters. The Balaban J connectivity index is 2.36. The maximum atomic E-state index is 12.1. The lowest BCUT2D eigenvalue weighted by molar-refractivity contribution is -0.150. The predicted octanol–water partition coefficient (Wildman–Crippen LogP) is 2.86. The molecule has 1 aromatic rings. The molecule has 0 saturated carbocycles. The van der Waals surface area contributed by atoms with E-state index in [1.807, 2.05) is 0 Å². The number of hydrogen-bond donors (Lipinski definition) is 1. The van der Waals surface area contributed by atoms with E-state index >= 15 is 0 Å². The van der Waals surface area contributed by atoms with Crippen molar-refractivity contribution < 1.29 is 22.7 Å². The van der Waals surface area contributed by atoms with Gasteiger partial charge in [0.2, 0.25) is 0 Å². The quantitative estimate of drug-likeness (QED) is 0.891. The van der Waals surface area contributed by atoms with Crippen LogP contribution in [0.25, 0.3) is 0 Å². The molecule has 0 fully saturated rings. The summed E-state index contributed by atoms with van der Waals surface area (Å²) < 4.78 is 41.0. The second-order valence-electron chi connectivity index (χ2n) is 3.47. The molecule has 0 radical (unpaired) electrons. The molecule has 0 saturated heterocycles. The van der Waals surface area contributed by atoms with Crippen LogP contribution in [0.5, 0.6) is 0 Å². The molecule has 0 bridgehead atoms. The van der Waals surface area contributed by atoms with E-state index in [1.54, 1.807) is 35.6 Å². The van der Waals surface area contributed by atoms with Gasteiger partial charge < -0.3 is 10.1 Å². The Kier molecular flexibility index (Phi) is 4.37. The largest absolute Gasteiger partial charge is 0.445 e. The van der Waals surface area contributed by atoms with Crippen LogP contribution in [0, 0.1) is 0 Å². The van der Waals surface area contributed by atoms with Crippen molar-refractivity contribution in [2.75, 3.05) is 0 Å². The molecule has 1 amide bonds. The van der Waals surface area contributed by atoms with Gasteiger partial charge in [0.05, 0.1) is 0 Å². The molecule has 1 N–H and O–H groups in total. The van der Waals surface area contributed by atoms with E-state index in [0.29, 0.717) is 5.56 Å². The van der Waals surface area contributed by atoms with E-state index in [9.17, 15) is 18.0 Å². The number of hydrogen-bond acceptors (Lipinski definition) is 2. The fraction of sp³-hybridized carbons (Fsp3) is 0.364. The van der Waals surface area contributed by atoms with Gasteiger partial charge >= 0.3 is 12.3 Å². The third-order valence-electron chi connectivity index (χ3n) is 2.04. The fourth-order valence-electron chi connectivity index (χ4n) is 1.02. The number of carbonyl (C=O) groups is 1. The summed E-state index contributed by atoms with van der Waals surface area (Å²) in [4.78, 5) is 11.0. The Hall–Kier alpha value is -1.72. The zero-order chi connectivity index (χ0) is 12.9. The predicted molar refractivity (Wildman–Crippen MR) is 55.3 cm³/mol. The third-order valence-corrected chi connectivity index (χ3v) is 2.04. The SMILES string of the molecule is CC(NC(=O)OCc1ccccc1)C(F)(F)F. The Morgan fingerprint density at radius 2 is 1.94 bits per heavy atom. The molecule has 0 aliphatic heterocycles. The number of alkyl halides is 3. The molecule has 0 spiro atoms. The molecule has 0 heterocycles. The lowest BCUT2D eigenvalue weighted by Crippen LogP contribution is -2.43. The fourth-order valence-corrected chi connectivity index (χ4v) is 1.02. The summed E-state index contributed by atoms with van der Waals surface area (Å²) in [6.07, 6.45) is -5.55.